The monoisotopic (exact) mass is 822 g/mol. The number of halogens is 1. The largest absolute Gasteiger partial charge is 0.394 e. The number of alkyl halides is 1. The first kappa shape index (κ1) is 45.5. The van der Waals surface area contributed by atoms with Crippen molar-refractivity contribution in [2.75, 3.05) is 55.0 Å². The summed E-state index contributed by atoms with van der Waals surface area (Å²) in [6.45, 7) is 9.77. The quantitative estimate of drug-likeness (QED) is 0.166. The summed E-state index contributed by atoms with van der Waals surface area (Å²) in [4.78, 5) is 39.6. The van der Waals surface area contributed by atoms with Crippen molar-refractivity contribution in [2.24, 2.45) is 58.7 Å². The SMILES string of the molecule is COC1C(CN2O[C@@H](CO)[C@@H]([C@H](C)O)[C@H]2C(=O)N[C@H]2C[C@H]3C[C@@H]([C@@H]2C)C3(C)C)CCCC1C1CC(C(=O)N[C@@H](CC2CCC(Cl)CC2)CN(C)C)CC(N(C)C)C1. The Bertz CT molecular complexity index is 1330. The molecule has 6 unspecified atom stereocenters. The average molecular weight is 823 g/mol. The lowest BCUT2D eigenvalue weighted by molar-refractivity contribution is -0.193. The van der Waals surface area contributed by atoms with Crippen LogP contribution in [0.1, 0.15) is 111 Å². The van der Waals surface area contributed by atoms with E-state index < -0.39 is 24.2 Å². The maximum absolute atomic E-state index is 14.4. The summed E-state index contributed by atoms with van der Waals surface area (Å²) in [6.07, 6.45) is 11.8. The molecule has 6 aliphatic carbocycles. The lowest BCUT2D eigenvalue weighted by atomic mass is 9.45. The standard InChI is InChI=1S/C45H80ClN5O6/c1-26-37-21-32(45(37,3)4)22-38(26)48-44(55)41-40(27(2)53)39(25-52)57-51(41)23-29-11-10-12-36(42(29)56-9)30-18-31(20-35(19-30)50(7)8)43(54)47-34(24-49(5)6)17-28-13-15-33(46)16-14-28/h26-42,52-53H,10-25H2,1-9H3,(H,47,54)(H,48,55)/t26-,27-,28?,29?,30?,31?,32+,33?,34-,35?,36?,37-,38-,39-,40+,41-,42?/m0/s1. The van der Waals surface area contributed by atoms with E-state index >= 15 is 0 Å². The number of hydrogen-bond acceptors (Lipinski definition) is 9. The molecule has 0 radical (unpaired) electrons. The Kier molecular flexibility index (Phi) is 15.4. The number of carbonyl (C=O) groups excluding carboxylic acids is 2. The number of carbonyl (C=O) groups is 2. The number of fused-ring (bicyclic) bond motifs is 2. The molecular weight excluding hydrogens is 742 g/mol. The van der Waals surface area contributed by atoms with Crippen LogP contribution in [0.4, 0.5) is 0 Å². The zero-order chi connectivity index (χ0) is 41.3. The molecular formula is C45H80ClN5O6. The Morgan fingerprint density at radius 2 is 1.72 bits per heavy atom. The van der Waals surface area contributed by atoms with Crippen LogP contribution in [0.15, 0.2) is 0 Å². The number of nitrogens with zero attached hydrogens (tertiary/aromatic N) is 3. The maximum Gasteiger partial charge on any atom is 0.240 e. The van der Waals surface area contributed by atoms with Gasteiger partial charge in [0, 0.05) is 61.5 Å². The van der Waals surface area contributed by atoms with Gasteiger partial charge in [-0.1, -0.05) is 27.2 Å². The van der Waals surface area contributed by atoms with E-state index in [1.807, 2.05) is 7.11 Å². The second-order valence-corrected chi connectivity index (χ2v) is 21.5. The van der Waals surface area contributed by atoms with E-state index in [0.29, 0.717) is 47.6 Å². The Labute approximate surface area is 350 Å². The first-order chi connectivity index (χ1) is 27.0. The minimum absolute atomic E-state index is 0.0647. The fraction of sp³-hybridized carbons (Fsp3) is 0.956. The second kappa shape index (κ2) is 19.3. The van der Waals surface area contributed by atoms with E-state index in [1.165, 1.54) is 6.42 Å². The number of likely N-dealkylation sites (N-methyl/N-ethyl adjacent to an activating group) is 1. The smallest absolute Gasteiger partial charge is 0.240 e. The van der Waals surface area contributed by atoms with Gasteiger partial charge in [-0.05, 0) is 153 Å². The predicted molar refractivity (Wildman–Crippen MR) is 225 cm³/mol. The van der Waals surface area contributed by atoms with Gasteiger partial charge >= 0.3 is 0 Å². The van der Waals surface area contributed by atoms with E-state index in [-0.39, 0.29) is 59.7 Å². The molecule has 2 amide bonds. The third-order valence-corrected chi connectivity index (χ3v) is 16.9. The van der Waals surface area contributed by atoms with Crippen molar-refractivity contribution in [2.45, 2.75) is 159 Å². The van der Waals surface area contributed by atoms with Crippen LogP contribution in [0.3, 0.4) is 0 Å². The highest BCUT2D eigenvalue weighted by molar-refractivity contribution is 6.20. The fourth-order valence-corrected chi connectivity index (χ4v) is 13.4. The van der Waals surface area contributed by atoms with E-state index in [2.05, 4.69) is 69.4 Å². The molecule has 4 N–H and O–H groups in total. The highest BCUT2D eigenvalue weighted by atomic mass is 35.5. The predicted octanol–water partition coefficient (Wildman–Crippen LogP) is 5.16. The van der Waals surface area contributed by atoms with Crippen LogP contribution in [0.25, 0.3) is 0 Å². The highest BCUT2D eigenvalue weighted by Gasteiger charge is 2.58. The van der Waals surface area contributed by atoms with Crippen LogP contribution in [-0.4, -0.2) is 140 Å². The molecule has 0 aromatic rings. The molecule has 1 saturated heterocycles. The summed E-state index contributed by atoms with van der Waals surface area (Å²) in [6, 6.07) is -0.199. The lowest BCUT2D eigenvalue weighted by Gasteiger charge is -2.62. The molecule has 15 atom stereocenters. The highest BCUT2D eigenvalue weighted by Crippen LogP contribution is 2.61. The topological polar surface area (TPSA) is 127 Å². The van der Waals surface area contributed by atoms with Crippen LogP contribution in [0.5, 0.6) is 0 Å². The number of amides is 2. The molecule has 328 valence electrons. The van der Waals surface area contributed by atoms with Gasteiger partial charge in [-0.3, -0.25) is 14.4 Å². The van der Waals surface area contributed by atoms with Gasteiger partial charge in [0.1, 0.15) is 12.1 Å². The van der Waals surface area contributed by atoms with Gasteiger partial charge in [-0.25, -0.2) is 0 Å². The normalized spacial score (nSPS) is 42.0. The molecule has 7 aliphatic rings. The fourth-order valence-electron chi connectivity index (χ4n) is 13.1. The van der Waals surface area contributed by atoms with Gasteiger partial charge < -0.3 is 35.4 Å². The lowest BCUT2D eigenvalue weighted by Crippen LogP contribution is -2.62. The van der Waals surface area contributed by atoms with Crippen molar-refractivity contribution in [3.63, 3.8) is 0 Å². The van der Waals surface area contributed by atoms with Crippen molar-refractivity contribution >= 4 is 23.4 Å². The third kappa shape index (κ3) is 10.2. The molecule has 1 heterocycles. The molecule has 7 rings (SSSR count). The van der Waals surface area contributed by atoms with Crippen LogP contribution in [0.2, 0.25) is 0 Å². The van der Waals surface area contributed by atoms with Crippen molar-refractivity contribution in [1.82, 2.24) is 25.5 Å². The number of hydrogen-bond donors (Lipinski definition) is 4. The molecule has 0 aromatic heterocycles. The maximum atomic E-state index is 14.4. The van der Waals surface area contributed by atoms with Crippen molar-refractivity contribution < 1.29 is 29.4 Å². The van der Waals surface area contributed by atoms with Gasteiger partial charge in [0.25, 0.3) is 0 Å². The summed E-state index contributed by atoms with van der Waals surface area (Å²) in [5.41, 5.74) is 0.313. The Morgan fingerprint density at radius 3 is 2.32 bits per heavy atom. The molecule has 1 aliphatic heterocycles. The number of hydroxylamine groups is 2. The van der Waals surface area contributed by atoms with Gasteiger partial charge in [0.2, 0.25) is 11.8 Å². The minimum atomic E-state index is -0.831. The number of ether oxygens (including phenoxy) is 1. The van der Waals surface area contributed by atoms with Crippen LogP contribution in [-0.2, 0) is 19.2 Å². The van der Waals surface area contributed by atoms with Crippen LogP contribution < -0.4 is 10.6 Å². The minimum Gasteiger partial charge on any atom is -0.394 e. The second-order valence-electron chi connectivity index (χ2n) is 20.9. The number of rotatable bonds is 15. The summed E-state index contributed by atoms with van der Waals surface area (Å²) >= 11 is 6.44. The third-order valence-electron chi connectivity index (χ3n) is 16.5. The van der Waals surface area contributed by atoms with E-state index in [9.17, 15) is 19.8 Å². The molecule has 0 aromatic carbocycles. The van der Waals surface area contributed by atoms with E-state index in [4.69, 9.17) is 21.2 Å². The molecule has 12 heteroatoms. The van der Waals surface area contributed by atoms with Gasteiger partial charge in [0.05, 0.1) is 18.8 Å². The molecule has 57 heavy (non-hydrogen) atoms. The Hall–Kier alpha value is -1.05. The number of aliphatic hydroxyl groups is 2. The summed E-state index contributed by atoms with van der Waals surface area (Å²) < 4.78 is 6.46. The van der Waals surface area contributed by atoms with Crippen molar-refractivity contribution in [1.29, 1.82) is 0 Å². The van der Waals surface area contributed by atoms with Gasteiger partial charge in [-0.2, -0.15) is 5.06 Å². The number of nitrogens with one attached hydrogen (secondary N) is 2. The zero-order valence-corrected chi connectivity index (χ0v) is 37.6. The van der Waals surface area contributed by atoms with Crippen molar-refractivity contribution in [3.05, 3.63) is 0 Å². The first-order valence-corrected chi connectivity index (χ1v) is 23.3. The summed E-state index contributed by atoms with van der Waals surface area (Å²) in [7, 11) is 10.3. The van der Waals surface area contributed by atoms with E-state index in [1.54, 1.807) is 12.0 Å². The Balaban J connectivity index is 1.15. The van der Waals surface area contributed by atoms with Crippen LogP contribution in [0, 0.1) is 58.7 Å². The molecule has 6 saturated carbocycles. The number of aliphatic hydroxyl groups excluding tert-OH is 2. The molecule has 11 nitrogen and oxygen atoms in total. The van der Waals surface area contributed by atoms with Gasteiger partial charge in [0.15, 0.2) is 0 Å². The Morgan fingerprint density at radius 1 is 1.00 bits per heavy atom. The average Bonchev–Trinajstić information content (AvgIpc) is 3.54. The van der Waals surface area contributed by atoms with Crippen molar-refractivity contribution in [3.8, 4) is 0 Å². The molecule has 2 bridgehead atoms. The first-order valence-electron chi connectivity index (χ1n) is 22.8. The summed E-state index contributed by atoms with van der Waals surface area (Å²) in [5.74, 6) is 2.33. The van der Waals surface area contributed by atoms with Crippen LogP contribution >= 0.6 is 11.6 Å². The summed E-state index contributed by atoms with van der Waals surface area (Å²) in [5, 5.41) is 30.6. The molecule has 7 fully saturated rings. The zero-order valence-electron chi connectivity index (χ0n) is 36.9. The van der Waals surface area contributed by atoms with E-state index in [0.717, 1.165) is 83.6 Å². The van der Waals surface area contributed by atoms with Gasteiger partial charge in [-0.15, -0.1) is 11.6 Å². The number of methoxy groups -OCH3 is 1. The molecule has 0 spiro atoms.